The molecule has 1 aromatic rings. The van der Waals surface area contributed by atoms with Crippen molar-refractivity contribution in [3.05, 3.63) is 29.3 Å². The van der Waals surface area contributed by atoms with Crippen LogP contribution in [0, 0.1) is 11.6 Å². The normalized spacial score (nSPS) is 19.4. The smallest absolute Gasteiger partial charge is 0.140 e. The molecule has 1 saturated heterocycles. The van der Waals surface area contributed by atoms with Gasteiger partial charge in [-0.15, -0.1) is 11.8 Å². The molecule has 1 heterocycles. The van der Waals surface area contributed by atoms with Gasteiger partial charge in [0, 0.05) is 12.4 Å². The van der Waals surface area contributed by atoms with Gasteiger partial charge in [0.25, 0.3) is 0 Å². The van der Waals surface area contributed by atoms with E-state index >= 15 is 0 Å². The second kappa shape index (κ2) is 6.50. The molecule has 1 aliphatic heterocycles. The third-order valence-corrected chi connectivity index (χ3v) is 4.15. The molecule has 1 aliphatic rings. The zero-order valence-corrected chi connectivity index (χ0v) is 10.9. The van der Waals surface area contributed by atoms with E-state index in [1.54, 1.807) is 0 Å². The Morgan fingerprint density at radius 2 is 2.06 bits per heavy atom. The highest BCUT2D eigenvalue weighted by atomic mass is 32.2. The van der Waals surface area contributed by atoms with E-state index in [1.165, 1.54) is 23.9 Å². The first kappa shape index (κ1) is 13.8. The molecular formula is C13H17F2NOS. The van der Waals surface area contributed by atoms with Crippen LogP contribution in [-0.2, 0) is 11.2 Å². The number of hydrogen-bond donors (Lipinski definition) is 1. The predicted molar refractivity (Wildman–Crippen MR) is 68.8 cm³/mol. The van der Waals surface area contributed by atoms with Crippen LogP contribution in [0.3, 0.4) is 0 Å². The van der Waals surface area contributed by atoms with Crippen molar-refractivity contribution >= 4 is 11.8 Å². The third-order valence-electron chi connectivity index (χ3n) is 2.93. The van der Waals surface area contributed by atoms with Crippen molar-refractivity contribution < 1.29 is 13.5 Å². The van der Waals surface area contributed by atoms with Gasteiger partial charge in [-0.3, -0.25) is 0 Å². The van der Waals surface area contributed by atoms with Crippen molar-refractivity contribution in [2.24, 2.45) is 5.73 Å². The Morgan fingerprint density at radius 3 is 2.61 bits per heavy atom. The lowest BCUT2D eigenvalue weighted by atomic mass is 10.1. The van der Waals surface area contributed by atoms with E-state index in [9.17, 15) is 8.78 Å². The molecule has 1 fully saturated rings. The number of benzene rings is 1. The van der Waals surface area contributed by atoms with Gasteiger partial charge in [0.1, 0.15) is 11.6 Å². The van der Waals surface area contributed by atoms with E-state index in [0.29, 0.717) is 24.3 Å². The Bertz CT molecular complexity index is 385. The average molecular weight is 273 g/mol. The molecule has 0 bridgehead atoms. The van der Waals surface area contributed by atoms with Gasteiger partial charge in [-0.2, -0.15) is 0 Å². The van der Waals surface area contributed by atoms with Gasteiger partial charge in [-0.1, -0.05) is 0 Å². The second-order valence-corrected chi connectivity index (χ2v) is 5.40. The molecule has 100 valence electrons. The molecule has 2 nitrogen and oxygen atoms in total. The maximum atomic E-state index is 13.8. The van der Waals surface area contributed by atoms with Gasteiger partial charge in [-0.25, -0.2) is 8.78 Å². The molecule has 2 N–H and O–H groups in total. The maximum Gasteiger partial charge on any atom is 0.140 e. The number of halogens is 2. The zero-order chi connectivity index (χ0) is 13.0. The molecule has 1 unspecified atom stereocenters. The molecule has 0 radical (unpaired) electrons. The average Bonchev–Trinajstić information content (AvgIpc) is 2.81. The summed E-state index contributed by atoms with van der Waals surface area (Å²) in [5, 5.41) is 0. The minimum absolute atomic E-state index is 0.0891. The SMILES string of the molecule is NCCc1cc(F)c(SCC2CCCO2)c(F)c1. The molecule has 0 saturated carbocycles. The number of thioether (sulfide) groups is 1. The standard InChI is InChI=1S/C13H17F2NOS/c14-11-6-9(3-4-16)7-12(15)13(11)18-8-10-2-1-5-17-10/h6-7,10H,1-5,8,16H2. The van der Waals surface area contributed by atoms with Gasteiger partial charge < -0.3 is 10.5 Å². The van der Waals surface area contributed by atoms with Crippen LogP contribution in [0.1, 0.15) is 18.4 Å². The molecule has 0 aromatic heterocycles. The van der Waals surface area contributed by atoms with Crippen LogP contribution in [0.5, 0.6) is 0 Å². The zero-order valence-electron chi connectivity index (χ0n) is 10.1. The van der Waals surface area contributed by atoms with Crippen molar-refractivity contribution in [3.8, 4) is 0 Å². The minimum Gasteiger partial charge on any atom is -0.377 e. The lowest BCUT2D eigenvalue weighted by molar-refractivity contribution is 0.129. The van der Waals surface area contributed by atoms with Crippen LogP contribution >= 0.6 is 11.8 Å². The summed E-state index contributed by atoms with van der Waals surface area (Å²) in [7, 11) is 0. The summed E-state index contributed by atoms with van der Waals surface area (Å²) in [4.78, 5) is 0.0891. The summed E-state index contributed by atoms with van der Waals surface area (Å²) in [6.07, 6.45) is 2.62. The molecule has 5 heteroatoms. The largest absolute Gasteiger partial charge is 0.377 e. The van der Waals surface area contributed by atoms with Crippen molar-refractivity contribution in [1.82, 2.24) is 0 Å². The van der Waals surface area contributed by atoms with Gasteiger partial charge >= 0.3 is 0 Å². The van der Waals surface area contributed by atoms with Gasteiger partial charge in [-0.05, 0) is 43.5 Å². The van der Waals surface area contributed by atoms with Crippen LogP contribution < -0.4 is 5.73 Å². The molecule has 0 amide bonds. The first-order valence-corrected chi connectivity index (χ1v) is 7.11. The highest BCUT2D eigenvalue weighted by Crippen LogP contribution is 2.29. The molecule has 1 atom stereocenters. The Hall–Kier alpha value is -0.650. The van der Waals surface area contributed by atoms with Gasteiger partial charge in [0.2, 0.25) is 0 Å². The van der Waals surface area contributed by atoms with Gasteiger partial charge in [0.05, 0.1) is 11.0 Å². The Kier molecular flexibility index (Phi) is 4.97. The number of ether oxygens (including phenoxy) is 1. The van der Waals surface area contributed by atoms with Crippen LogP contribution in [0.15, 0.2) is 17.0 Å². The number of nitrogens with two attached hydrogens (primary N) is 1. The molecule has 0 spiro atoms. The topological polar surface area (TPSA) is 35.2 Å². The maximum absolute atomic E-state index is 13.8. The molecule has 18 heavy (non-hydrogen) atoms. The summed E-state index contributed by atoms with van der Waals surface area (Å²) in [6, 6.07) is 2.74. The summed E-state index contributed by atoms with van der Waals surface area (Å²) in [6.45, 7) is 1.15. The minimum atomic E-state index is -0.499. The fourth-order valence-electron chi connectivity index (χ4n) is 2.01. The Morgan fingerprint density at radius 1 is 1.33 bits per heavy atom. The van der Waals surface area contributed by atoms with Gasteiger partial charge in [0.15, 0.2) is 0 Å². The quantitative estimate of drug-likeness (QED) is 0.838. The monoisotopic (exact) mass is 273 g/mol. The van der Waals surface area contributed by atoms with E-state index in [4.69, 9.17) is 10.5 Å². The lowest BCUT2D eigenvalue weighted by Gasteiger charge is -2.11. The third kappa shape index (κ3) is 3.43. The highest BCUT2D eigenvalue weighted by molar-refractivity contribution is 7.99. The van der Waals surface area contributed by atoms with Crippen LogP contribution in [0.2, 0.25) is 0 Å². The second-order valence-electron chi connectivity index (χ2n) is 4.37. The molecule has 2 rings (SSSR count). The summed E-state index contributed by atoms with van der Waals surface area (Å²) in [5.74, 6) is -0.396. The summed E-state index contributed by atoms with van der Waals surface area (Å²) in [5.41, 5.74) is 5.98. The fraction of sp³-hybridized carbons (Fsp3) is 0.538. The van der Waals surface area contributed by atoms with Crippen molar-refractivity contribution in [3.63, 3.8) is 0 Å². The Balaban J connectivity index is 2.02. The lowest BCUT2D eigenvalue weighted by Crippen LogP contribution is -2.09. The first-order valence-electron chi connectivity index (χ1n) is 6.13. The number of hydrogen-bond acceptors (Lipinski definition) is 3. The van der Waals surface area contributed by atoms with E-state index in [0.717, 1.165) is 19.4 Å². The van der Waals surface area contributed by atoms with Crippen molar-refractivity contribution in [2.45, 2.75) is 30.3 Å². The first-order chi connectivity index (χ1) is 8.70. The molecule has 1 aromatic carbocycles. The van der Waals surface area contributed by atoms with E-state index in [-0.39, 0.29) is 11.0 Å². The van der Waals surface area contributed by atoms with Crippen LogP contribution in [0.4, 0.5) is 8.78 Å². The highest BCUT2D eigenvalue weighted by Gasteiger charge is 2.18. The van der Waals surface area contributed by atoms with Crippen molar-refractivity contribution in [1.29, 1.82) is 0 Å². The van der Waals surface area contributed by atoms with E-state index < -0.39 is 11.6 Å². The predicted octanol–water partition coefficient (Wildman–Crippen LogP) is 2.74. The molecule has 0 aliphatic carbocycles. The summed E-state index contributed by atoms with van der Waals surface area (Å²) >= 11 is 1.19. The molecular weight excluding hydrogens is 256 g/mol. The summed E-state index contributed by atoms with van der Waals surface area (Å²) < 4.78 is 33.0. The Labute approximate surface area is 110 Å². The van der Waals surface area contributed by atoms with Crippen LogP contribution in [-0.4, -0.2) is 25.0 Å². The van der Waals surface area contributed by atoms with E-state index in [2.05, 4.69) is 0 Å². The number of rotatable bonds is 5. The van der Waals surface area contributed by atoms with Crippen LogP contribution in [0.25, 0.3) is 0 Å². The fourth-order valence-corrected chi connectivity index (χ4v) is 3.02. The van der Waals surface area contributed by atoms with Crippen molar-refractivity contribution in [2.75, 3.05) is 18.9 Å². The van der Waals surface area contributed by atoms with E-state index in [1.807, 2.05) is 0 Å².